The van der Waals surface area contributed by atoms with Gasteiger partial charge in [0.15, 0.2) is 0 Å². The van der Waals surface area contributed by atoms with E-state index in [1.165, 1.54) is 93.9 Å². The molecule has 2 aliphatic rings. The van der Waals surface area contributed by atoms with E-state index in [1.807, 2.05) is 0 Å². The summed E-state index contributed by atoms with van der Waals surface area (Å²) in [7, 11) is 0. The van der Waals surface area contributed by atoms with Crippen LogP contribution in [0.5, 0.6) is 0 Å². The van der Waals surface area contributed by atoms with E-state index < -0.39 is 5.41 Å². The average Bonchev–Trinajstić information content (AvgIpc) is 4.09. The summed E-state index contributed by atoms with van der Waals surface area (Å²) in [5.74, 6) is 1.06. The number of aromatic nitrogens is 4. The first kappa shape index (κ1) is 32.1. The highest BCUT2D eigenvalue weighted by atomic mass is 15.1. The molecular weight excluding hydrogens is 729 g/mol. The lowest BCUT2D eigenvalue weighted by Crippen LogP contribution is -2.27. The van der Waals surface area contributed by atoms with Crippen LogP contribution in [0.1, 0.15) is 22.5 Å². The Morgan fingerprint density at radius 3 is 1.67 bits per heavy atom. The number of imidazole rings is 1. The number of benzene rings is 9. The largest absolute Gasteiger partial charge is 0.309 e. The molecule has 14 rings (SSSR count). The standard InChI is InChI=1S/C56H34N4/c1-5-18-43-41(17-1)54-45(56(43)44-19-6-11-25-51(44)60-52-26-12-7-21-46(52)57-55(56)60)20-13-27-53(54)59-49-24-10-4-16-40(49)42-34-36(30-33-50(42)59)35-28-31-37(32-29-35)58-47-22-8-2-14-38(47)39-15-3-9-23-48(39)58/h1-34H. The Labute approximate surface area is 345 Å². The number of hydrogen-bond acceptors (Lipinski definition) is 1. The van der Waals surface area contributed by atoms with Crippen molar-refractivity contribution in [1.82, 2.24) is 18.7 Å². The zero-order valence-electron chi connectivity index (χ0n) is 32.4. The molecule has 4 nitrogen and oxygen atoms in total. The van der Waals surface area contributed by atoms with Crippen LogP contribution in [0.2, 0.25) is 0 Å². The van der Waals surface area contributed by atoms with Gasteiger partial charge in [-0.25, -0.2) is 4.98 Å². The topological polar surface area (TPSA) is 27.7 Å². The molecule has 1 aliphatic heterocycles. The van der Waals surface area contributed by atoms with Crippen molar-refractivity contribution in [3.05, 3.63) is 229 Å². The summed E-state index contributed by atoms with van der Waals surface area (Å²) in [6.07, 6.45) is 0. The van der Waals surface area contributed by atoms with Crippen molar-refractivity contribution in [1.29, 1.82) is 0 Å². The predicted octanol–water partition coefficient (Wildman–Crippen LogP) is 13.6. The highest BCUT2D eigenvalue weighted by Crippen LogP contribution is 2.61. The van der Waals surface area contributed by atoms with E-state index >= 15 is 0 Å². The van der Waals surface area contributed by atoms with E-state index in [4.69, 9.17) is 4.98 Å². The van der Waals surface area contributed by atoms with Crippen molar-refractivity contribution in [2.24, 2.45) is 0 Å². The summed E-state index contributed by atoms with van der Waals surface area (Å²) in [4.78, 5) is 5.47. The minimum Gasteiger partial charge on any atom is -0.309 e. The Kier molecular flexibility index (Phi) is 6.19. The SMILES string of the molecule is c1ccc2c(c1)-c1c(-n3c4ccccc4c4cc(-c5ccc(-n6c7ccccc7c7ccccc76)cc5)ccc43)cccc1C21c2ccccc2-n2c1nc1ccccc12. The molecule has 9 aromatic carbocycles. The molecule has 0 saturated carbocycles. The maximum absolute atomic E-state index is 5.47. The van der Waals surface area contributed by atoms with Crippen LogP contribution in [0, 0.1) is 0 Å². The fraction of sp³-hybridized carbons (Fsp3) is 0.0179. The molecule has 0 fully saturated rings. The molecule has 1 atom stereocenters. The second-order valence-electron chi connectivity index (χ2n) is 16.3. The second kappa shape index (κ2) is 11.6. The number of hydrogen-bond donors (Lipinski definition) is 0. The first-order valence-electron chi connectivity index (χ1n) is 20.7. The van der Waals surface area contributed by atoms with Gasteiger partial charge in [0.25, 0.3) is 0 Å². The molecule has 12 aromatic rings. The second-order valence-corrected chi connectivity index (χ2v) is 16.3. The van der Waals surface area contributed by atoms with E-state index in [0.29, 0.717) is 0 Å². The minimum absolute atomic E-state index is 0.561. The van der Waals surface area contributed by atoms with Crippen LogP contribution < -0.4 is 0 Å². The van der Waals surface area contributed by atoms with Crippen molar-refractivity contribution in [3.8, 4) is 39.3 Å². The van der Waals surface area contributed by atoms with Crippen molar-refractivity contribution in [2.45, 2.75) is 5.41 Å². The maximum atomic E-state index is 5.47. The molecule has 0 amide bonds. The molecule has 0 radical (unpaired) electrons. The van der Waals surface area contributed by atoms with Crippen LogP contribution in [0.3, 0.4) is 0 Å². The van der Waals surface area contributed by atoms with Crippen LogP contribution in [0.25, 0.3) is 94.0 Å². The third-order valence-electron chi connectivity index (χ3n) is 13.4. The van der Waals surface area contributed by atoms with Crippen LogP contribution in [-0.4, -0.2) is 18.7 Å². The summed E-state index contributed by atoms with van der Waals surface area (Å²) in [5.41, 5.74) is 18.7. The summed E-state index contributed by atoms with van der Waals surface area (Å²) in [5, 5.41) is 5.02. The van der Waals surface area contributed by atoms with E-state index in [9.17, 15) is 0 Å². The summed E-state index contributed by atoms with van der Waals surface area (Å²) in [6, 6.07) is 75.7. The van der Waals surface area contributed by atoms with Crippen molar-refractivity contribution in [2.75, 3.05) is 0 Å². The molecule has 0 N–H and O–H groups in total. The van der Waals surface area contributed by atoms with Gasteiger partial charge in [0.05, 0.1) is 44.5 Å². The number of rotatable bonds is 3. The number of fused-ring (bicyclic) bond motifs is 18. The van der Waals surface area contributed by atoms with E-state index in [0.717, 1.165) is 22.5 Å². The third-order valence-corrected chi connectivity index (χ3v) is 13.4. The first-order chi connectivity index (χ1) is 29.8. The molecule has 0 saturated heterocycles. The normalized spacial score (nSPS) is 15.1. The Balaban J connectivity index is 0.966. The Hall–Kier alpha value is -7.95. The fourth-order valence-corrected chi connectivity index (χ4v) is 11.1. The van der Waals surface area contributed by atoms with E-state index in [2.05, 4.69) is 220 Å². The highest BCUT2D eigenvalue weighted by molar-refractivity contribution is 6.12. The zero-order valence-corrected chi connectivity index (χ0v) is 32.4. The highest BCUT2D eigenvalue weighted by Gasteiger charge is 2.54. The van der Waals surface area contributed by atoms with Gasteiger partial charge in [0.1, 0.15) is 11.2 Å². The Bertz CT molecular complexity index is 3730. The van der Waals surface area contributed by atoms with Crippen LogP contribution in [0.4, 0.5) is 0 Å². The Morgan fingerprint density at radius 1 is 0.350 bits per heavy atom. The monoisotopic (exact) mass is 762 g/mol. The zero-order chi connectivity index (χ0) is 39.1. The molecule has 3 aromatic heterocycles. The lowest BCUT2D eigenvalue weighted by molar-refractivity contribution is 0.737. The van der Waals surface area contributed by atoms with Gasteiger partial charge in [-0.05, 0) is 100 Å². The van der Waals surface area contributed by atoms with Crippen molar-refractivity contribution in [3.63, 3.8) is 0 Å². The molecule has 1 aliphatic carbocycles. The van der Waals surface area contributed by atoms with Crippen LogP contribution in [-0.2, 0) is 5.41 Å². The van der Waals surface area contributed by atoms with E-state index in [-0.39, 0.29) is 0 Å². The minimum atomic E-state index is -0.561. The average molecular weight is 763 g/mol. The third kappa shape index (κ3) is 3.93. The quantitative estimate of drug-likeness (QED) is 0.176. The summed E-state index contributed by atoms with van der Waals surface area (Å²) in [6.45, 7) is 0. The first-order valence-corrected chi connectivity index (χ1v) is 20.7. The molecule has 60 heavy (non-hydrogen) atoms. The van der Waals surface area contributed by atoms with Gasteiger partial charge in [0.2, 0.25) is 0 Å². The molecule has 1 unspecified atom stereocenters. The lowest BCUT2D eigenvalue weighted by Gasteiger charge is -2.27. The summed E-state index contributed by atoms with van der Waals surface area (Å²) >= 11 is 0. The van der Waals surface area contributed by atoms with Crippen LogP contribution >= 0.6 is 0 Å². The van der Waals surface area contributed by atoms with Gasteiger partial charge < -0.3 is 9.13 Å². The number of para-hydroxylation sites is 6. The molecule has 278 valence electrons. The van der Waals surface area contributed by atoms with Gasteiger partial charge in [-0.3, -0.25) is 4.57 Å². The van der Waals surface area contributed by atoms with Crippen LogP contribution in [0.15, 0.2) is 206 Å². The molecular formula is C56H34N4. The summed E-state index contributed by atoms with van der Waals surface area (Å²) < 4.78 is 7.28. The van der Waals surface area contributed by atoms with Gasteiger partial charge in [-0.2, -0.15) is 0 Å². The van der Waals surface area contributed by atoms with Crippen molar-refractivity contribution < 1.29 is 0 Å². The van der Waals surface area contributed by atoms with E-state index in [1.54, 1.807) is 0 Å². The van der Waals surface area contributed by atoms with Gasteiger partial charge >= 0.3 is 0 Å². The predicted molar refractivity (Wildman–Crippen MR) is 246 cm³/mol. The number of nitrogens with zero attached hydrogens (tertiary/aromatic N) is 4. The lowest BCUT2D eigenvalue weighted by atomic mass is 9.73. The molecule has 1 spiro atoms. The smallest absolute Gasteiger partial charge is 0.134 e. The van der Waals surface area contributed by atoms with Crippen molar-refractivity contribution >= 4 is 54.6 Å². The molecule has 4 heterocycles. The van der Waals surface area contributed by atoms with Gasteiger partial charge in [-0.1, -0.05) is 140 Å². The maximum Gasteiger partial charge on any atom is 0.134 e. The fourth-order valence-electron chi connectivity index (χ4n) is 11.1. The molecule has 4 heteroatoms. The molecule has 0 bridgehead atoms. The Morgan fingerprint density at radius 2 is 0.900 bits per heavy atom. The van der Waals surface area contributed by atoms with Gasteiger partial charge in [-0.15, -0.1) is 0 Å². The van der Waals surface area contributed by atoms with Gasteiger partial charge in [0, 0.05) is 32.8 Å².